The van der Waals surface area contributed by atoms with E-state index in [1.807, 2.05) is 43.3 Å². The molecule has 0 saturated carbocycles. The van der Waals surface area contributed by atoms with Crippen molar-refractivity contribution in [3.63, 3.8) is 0 Å². The van der Waals surface area contributed by atoms with Crippen molar-refractivity contribution in [1.29, 1.82) is 0 Å². The third-order valence-electron chi connectivity index (χ3n) is 6.28. The van der Waals surface area contributed by atoms with Crippen LogP contribution in [0.1, 0.15) is 11.1 Å². The molecule has 0 radical (unpaired) electrons. The minimum atomic E-state index is -4.08. The Hall–Kier alpha value is -3.73. The van der Waals surface area contributed by atoms with Crippen LogP contribution in [-0.2, 0) is 14.8 Å². The summed E-state index contributed by atoms with van der Waals surface area (Å²) in [7, 11) is -2.58. The first-order valence-electron chi connectivity index (χ1n) is 12.3. The van der Waals surface area contributed by atoms with Gasteiger partial charge in [-0.2, -0.15) is 0 Å². The third kappa shape index (κ3) is 5.89. The molecule has 1 heterocycles. The van der Waals surface area contributed by atoms with Crippen molar-refractivity contribution in [1.82, 2.24) is 4.98 Å². The average Bonchev–Trinajstić information content (AvgIpc) is 3.36. The summed E-state index contributed by atoms with van der Waals surface area (Å²) < 4.78 is 35.4. The van der Waals surface area contributed by atoms with Gasteiger partial charge in [-0.15, -0.1) is 11.3 Å². The van der Waals surface area contributed by atoms with E-state index < -0.39 is 22.5 Å². The number of sulfonamides is 1. The molecule has 5 aromatic rings. The zero-order valence-electron chi connectivity index (χ0n) is 22.0. The van der Waals surface area contributed by atoms with Crippen LogP contribution in [-0.4, -0.2) is 33.0 Å². The van der Waals surface area contributed by atoms with Crippen LogP contribution in [0.2, 0.25) is 0 Å². The summed E-state index contributed by atoms with van der Waals surface area (Å²) in [5.74, 6) is 0.0305. The van der Waals surface area contributed by atoms with E-state index in [1.54, 1.807) is 41.7 Å². The van der Waals surface area contributed by atoms with Crippen LogP contribution in [0.25, 0.3) is 20.8 Å². The summed E-state index contributed by atoms with van der Waals surface area (Å²) in [5, 5.41) is 3.72. The Bertz CT molecular complexity index is 1800. The van der Waals surface area contributed by atoms with Gasteiger partial charge < -0.3 is 10.1 Å². The summed E-state index contributed by atoms with van der Waals surface area (Å²) in [6.07, 6.45) is 0. The maximum Gasteiger partial charge on any atom is 0.264 e. The predicted molar refractivity (Wildman–Crippen MR) is 165 cm³/mol. The first-order chi connectivity index (χ1) is 19.1. The molecular formula is C30H26BrN3O4S2. The van der Waals surface area contributed by atoms with Crippen LogP contribution in [0.15, 0.2) is 94.3 Å². The fraction of sp³-hybridized carbons (Fsp3) is 0.133. The minimum Gasteiger partial charge on any atom is -0.496 e. The first kappa shape index (κ1) is 27.8. The van der Waals surface area contributed by atoms with Gasteiger partial charge in [-0.05, 0) is 102 Å². The summed E-state index contributed by atoms with van der Waals surface area (Å²) in [4.78, 5) is 17.9. The van der Waals surface area contributed by atoms with Crippen molar-refractivity contribution >= 4 is 64.8 Å². The van der Waals surface area contributed by atoms with Gasteiger partial charge in [0.25, 0.3) is 10.0 Å². The lowest BCUT2D eigenvalue weighted by Crippen LogP contribution is -2.38. The quantitative estimate of drug-likeness (QED) is 0.195. The van der Waals surface area contributed by atoms with Gasteiger partial charge in [-0.25, -0.2) is 13.4 Å². The van der Waals surface area contributed by atoms with Crippen molar-refractivity contribution in [2.45, 2.75) is 18.7 Å². The SMILES string of the molecule is COc1ccc(S(=O)(=O)N(CC(=O)Nc2ccc(-c3nc4ccc(C)cc4s3)cc2)c2ccc(C)cc2)cc1Br. The van der Waals surface area contributed by atoms with Crippen molar-refractivity contribution in [3.05, 3.63) is 101 Å². The number of fused-ring (bicyclic) bond motifs is 1. The molecule has 1 amide bonds. The number of carbonyl (C=O) groups excluding carboxylic acids is 1. The molecule has 0 saturated heterocycles. The molecule has 0 atom stereocenters. The van der Waals surface area contributed by atoms with E-state index in [2.05, 4.69) is 34.2 Å². The number of methoxy groups -OCH3 is 1. The molecule has 0 fully saturated rings. The van der Waals surface area contributed by atoms with Crippen molar-refractivity contribution in [2.75, 3.05) is 23.3 Å². The summed E-state index contributed by atoms with van der Waals surface area (Å²) in [6.45, 7) is 3.56. The second kappa shape index (κ2) is 11.4. The molecule has 10 heteroatoms. The van der Waals surface area contributed by atoms with E-state index in [0.29, 0.717) is 21.6 Å². The lowest BCUT2D eigenvalue weighted by Gasteiger charge is -2.24. The molecule has 0 bridgehead atoms. The van der Waals surface area contributed by atoms with Gasteiger partial charge in [0.2, 0.25) is 5.91 Å². The standard InChI is InChI=1S/C30H26BrN3O4S2/c1-19-4-11-23(12-5-19)34(40(36,37)24-13-15-27(38-3)25(31)17-24)18-29(35)32-22-9-7-21(8-10-22)30-33-26-14-6-20(2)16-28(26)39-30/h4-17H,18H2,1-3H3,(H,32,35). The van der Waals surface area contributed by atoms with E-state index in [0.717, 1.165) is 30.7 Å². The Morgan fingerprint density at radius 1 is 0.950 bits per heavy atom. The highest BCUT2D eigenvalue weighted by atomic mass is 79.9. The number of ether oxygens (including phenoxy) is 1. The number of halogens is 1. The van der Waals surface area contributed by atoms with E-state index in [4.69, 9.17) is 9.72 Å². The first-order valence-corrected chi connectivity index (χ1v) is 15.4. The predicted octanol–water partition coefficient (Wildman–Crippen LogP) is 7.19. The van der Waals surface area contributed by atoms with Crippen LogP contribution in [0, 0.1) is 13.8 Å². The molecule has 0 spiro atoms. The number of nitrogens with zero attached hydrogens (tertiary/aromatic N) is 2. The number of anilines is 2. The van der Waals surface area contributed by atoms with Crippen LogP contribution < -0.4 is 14.4 Å². The zero-order valence-corrected chi connectivity index (χ0v) is 25.2. The smallest absolute Gasteiger partial charge is 0.264 e. The second-order valence-electron chi connectivity index (χ2n) is 9.26. The third-order valence-corrected chi connectivity index (χ3v) is 9.74. The molecule has 1 N–H and O–H groups in total. The van der Waals surface area contributed by atoms with Gasteiger partial charge in [0.15, 0.2) is 0 Å². The highest BCUT2D eigenvalue weighted by molar-refractivity contribution is 9.10. The number of thiazole rings is 1. The number of aromatic nitrogens is 1. The number of benzene rings is 4. The average molecular weight is 637 g/mol. The fourth-order valence-corrected chi connectivity index (χ4v) is 7.35. The molecule has 1 aromatic heterocycles. The number of hydrogen-bond acceptors (Lipinski definition) is 6. The molecule has 0 aliphatic heterocycles. The van der Waals surface area contributed by atoms with Crippen LogP contribution in [0.3, 0.4) is 0 Å². The van der Waals surface area contributed by atoms with Gasteiger partial charge in [0.05, 0.1) is 32.4 Å². The monoisotopic (exact) mass is 635 g/mol. The Morgan fingerprint density at radius 2 is 1.65 bits per heavy atom. The van der Waals surface area contributed by atoms with Gasteiger partial charge in [0, 0.05) is 11.3 Å². The van der Waals surface area contributed by atoms with Gasteiger partial charge >= 0.3 is 0 Å². The molecular weight excluding hydrogens is 610 g/mol. The lowest BCUT2D eigenvalue weighted by molar-refractivity contribution is -0.114. The van der Waals surface area contributed by atoms with Crippen LogP contribution in [0.4, 0.5) is 11.4 Å². The highest BCUT2D eigenvalue weighted by Crippen LogP contribution is 2.32. The molecule has 7 nitrogen and oxygen atoms in total. The molecule has 40 heavy (non-hydrogen) atoms. The van der Waals surface area contributed by atoms with Crippen LogP contribution in [0.5, 0.6) is 5.75 Å². The topological polar surface area (TPSA) is 88.6 Å². The molecule has 4 aromatic carbocycles. The summed E-state index contributed by atoms with van der Waals surface area (Å²) >= 11 is 4.97. The largest absolute Gasteiger partial charge is 0.496 e. The van der Waals surface area contributed by atoms with Gasteiger partial charge in [0.1, 0.15) is 17.3 Å². The van der Waals surface area contributed by atoms with Crippen molar-refractivity contribution in [2.24, 2.45) is 0 Å². The number of aryl methyl sites for hydroxylation is 2. The second-order valence-corrected chi connectivity index (χ2v) is 13.0. The summed E-state index contributed by atoms with van der Waals surface area (Å²) in [5.41, 5.74) is 4.98. The van der Waals surface area contributed by atoms with E-state index in [-0.39, 0.29) is 4.90 Å². The number of nitrogens with one attached hydrogen (secondary N) is 1. The zero-order chi connectivity index (χ0) is 28.4. The maximum atomic E-state index is 13.7. The molecule has 0 unspecified atom stereocenters. The van der Waals surface area contributed by atoms with Gasteiger partial charge in [-0.3, -0.25) is 9.10 Å². The lowest BCUT2D eigenvalue weighted by atomic mass is 10.2. The highest BCUT2D eigenvalue weighted by Gasteiger charge is 2.28. The fourth-order valence-electron chi connectivity index (χ4n) is 4.14. The molecule has 0 aliphatic rings. The Morgan fingerprint density at radius 3 is 2.33 bits per heavy atom. The molecule has 0 aliphatic carbocycles. The number of carbonyl (C=O) groups is 1. The van der Waals surface area contributed by atoms with Gasteiger partial charge in [-0.1, -0.05) is 23.8 Å². The van der Waals surface area contributed by atoms with E-state index in [1.165, 1.54) is 24.8 Å². The Labute approximate surface area is 245 Å². The number of amides is 1. The summed E-state index contributed by atoms with van der Waals surface area (Å²) in [6, 6.07) is 25.0. The Balaban J connectivity index is 1.38. The van der Waals surface area contributed by atoms with Crippen LogP contribution >= 0.6 is 27.3 Å². The van der Waals surface area contributed by atoms with Crippen molar-refractivity contribution in [3.8, 4) is 16.3 Å². The number of rotatable bonds is 8. The number of hydrogen-bond donors (Lipinski definition) is 1. The van der Waals surface area contributed by atoms with E-state index in [9.17, 15) is 13.2 Å². The normalized spacial score (nSPS) is 11.4. The minimum absolute atomic E-state index is 0.0314. The Kier molecular flexibility index (Phi) is 7.93. The molecule has 5 rings (SSSR count). The van der Waals surface area contributed by atoms with E-state index >= 15 is 0 Å². The molecule has 204 valence electrons. The van der Waals surface area contributed by atoms with Crippen molar-refractivity contribution < 1.29 is 17.9 Å². The maximum absolute atomic E-state index is 13.7.